The van der Waals surface area contributed by atoms with Crippen molar-refractivity contribution in [1.29, 1.82) is 5.26 Å². The normalized spacial score (nSPS) is 9.71. The summed E-state index contributed by atoms with van der Waals surface area (Å²) < 4.78 is 0. The van der Waals surface area contributed by atoms with Crippen molar-refractivity contribution in [3.05, 3.63) is 47.7 Å². The molecule has 4 heteroatoms. The highest BCUT2D eigenvalue weighted by Gasteiger charge is 2.03. The van der Waals surface area contributed by atoms with Gasteiger partial charge in [-0.05, 0) is 36.5 Å². The molecule has 1 atom stereocenters. The lowest BCUT2D eigenvalue weighted by atomic mass is 10.2. The Morgan fingerprint density at radius 1 is 1.29 bits per heavy atom. The number of rotatable bonds is 2. The molecule has 0 aliphatic rings. The van der Waals surface area contributed by atoms with E-state index in [1.54, 1.807) is 6.07 Å². The molecule has 0 spiro atoms. The Bertz CT molecular complexity index is 587. The number of hydrogen-bond donors (Lipinski definition) is 1. The van der Waals surface area contributed by atoms with Gasteiger partial charge in [0.1, 0.15) is 11.9 Å². The summed E-state index contributed by atoms with van der Waals surface area (Å²) >= 11 is 0. The lowest BCUT2D eigenvalue weighted by molar-refractivity contribution is 1.20. The largest absolute Gasteiger partial charge is 0.339 e. The van der Waals surface area contributed by atoms with Crippen molar-refractivity contribution < 1.29 is 0 Å². The van der Waals surface area contributed by atoms with Gasteiger partial charge in [0, 0.05) is 5.69 Å². The summed E-state index contributed by atoms with van der Waals surface area (Å²) in [5, 5.41) is 13.2. The highest BCUT2D eigenvalue weighted by atomic mass is 31.0. The summed E-state index contributed by atoms with van der Waals surface area (Å²) in [7, 11) is 2.61. The van der Waals surface area contributed by atoms with Gasteiger partial charge in [0.15, 0.2) is 0 Å². The molecule has 0 saturated heterocycles. The fourth-order valence-corrected chi connectivity index (χ4v) is 1.78. The molecule has 1 N–H and O–H groups in total. The van der Waals surface area contributed by atoms with Gasteiger partial charge in [-0.25, -0.2) is 4.98 Å². The predicted molar refractivity (Wildman–Crippen MR) is 72.8 cm³/mol. The molecule has 1 aromatic heterocycles. The maximum atomic E-state index is 9.02. The Morgan fingerprint density at radius 3 is 2.82 bits per heavy atom. The first kappa shape index (κ1) is 11.6. The molecule has 1 unspecified atom stereocenters. The van der Waals surface area contributed by atoms with E-state index in [1.807, 2.05) is 37.3 Å². The fraction of sp³-hybridized carbons (Fsp3) is 0.0769. The van der Waals surface area contributed by atoms with E-state index in [0.717, 1.165) is 22.5 Å². The summed E-state index contributed by atoms with van der Waals surface area (Å²) in [4.78, 5) is 4.35. The van der Waals surface area contributed by atoms with Gasteiger partial charge in [0.05, 0.1) is 11.3 Å². The minimum Gasteiger partial charge on any atom is -0.339 e. The average Bonchev–Trinajstić information content (AvgIpc) is 2.29. The molecule has 1 aromatic carbocycles. The minimum absolute atomic E-state index is 0.611. The molecule has 0 bridgehead atoms. The molecule has 0 fully saturated rings. The molecule has 0 aliphatic heterocycles. The molecule has 2 aromatic rings. The van der Waals surface area contributed by atoms with Gasteiger partial charge in [0.2, 0.25) is 0 Å². The molecule has 0 amide bonds. The fourth-order valence-electron chi connectivity index (χ4n) is 1.51. The SMILES string of the molecule is Cc1cccc(Nc2cc(P)ccc2C#N)n1. The first-order chi connectivity index (χ1) is 8.19. The second kappa shape index (κ2) is 4.95. The average molecular weight is 241 g/mol. The van der Waals surface area contributed by atoms with Crippen LogP contribution in [0, 0.1) is 18.3 Å². The van der Waals surface area contributed by atoms with Gasteiger partial charge in [0.25, 0.3) is 0 Å². The molecule has 0 radical (unpaired) electrons. The van der Waals surface area contributed by atoms with E-state index in [2.05, 4.69) is 25.6 Å². The Hall–Kier alpha value is -1.91. The summed E-state index contributed by atoms with van der Waals surface area (Å²) in [6.45, 7) is 1.93. The number of aromatic nitrogens is 1. The lowest BCUT2D eigenvalue weighted by Crippen LogP contribution is -2.00. The third-order valence-electron chi connectivity index (χ3n) is 2.32. The van der Waals surface area contributed by atoms with Gasteiger partial charge < -0.3 is 5.32 Å². The van der Waals surface area contributed by atoms with E-state index >= 15 is 0 Å². The molecule has 3 nitrogen and oxygen atoms in total. The zero-order valence-corrected chi connectivity index (χ0v) is 10.6. The van der Waals surface area contributed by atoms with Crippen LogP contribution < -0.4 is 10.6 Å². The molecule has 0 aliphatic carbocycles. The van der Waals surface area contributed by atoms with Gasteiger partial charge in [-0.2, -0.15) is 5.26 Å². The van der Waals surface area contributed by atoms with Crippen LogP contribution in [0.5, 0.6) is 0 Å². The first-order valence-electron chi connectivity index (χ1n) is 5.19. The lowest BCUT2D eigenvalue weighted by Gasteiger charge is -2.08. The topological polar surface area (TPSA) is 48.7 Å². The van der Waals surface area contributed by atoms with Gasteiger partial charge >= 0.3 is 0 Å². The van der Waals surface area contributed by atoms with E-state index < -0.39 is 0 Å². The number of pyridine rings is 1. The van der Waals surface area contributed by atoms with Crippen molar-refractivity contribution in [2.45, 2.75) is 6.92 Å². The quantitative estimate of drug-likeness (QED) is 0.822. The van der Waals surface area contributed by atoms with E-state index in [0.29, 0.717) is 5.56 Å². The van der Waals surface area contributed by atoms with Gasteiger partial charge in [-0.3, -0.25) is 0 Å². The Morgan fingerprint density at radius 2 is 2.12 bits per heavy atom. The Labute approximate surface area is 103 Å². The van der Waals surface area contributed by atoms with Crippen molar-refractivity contribution >= 4 is 26.0 Å². The van der Waals surface area contributed by atoms with Crippen LogP contribution in [0.25, 0.3) is 0 Å². The van der Waals surface area contributed by atoms with Crippen LogP contribution in [0.1, 0.15) is 11.3 Å². The highest BCUT2D eigenvalue weighted by molar-refractivity contribution is 7.27. The van der Waals surface area contributed by atoms with E-state index in [-0.39, 0.29) is 0 Å². The predicted octanol–water partition coefficient (Wildman–Crippen LogP) is 2.51. The van der Waals surface area contributed by atoms with Crippen molar-refractivity contribution in [3.63, 3.8) is 0 Å². The number of benzene rings is 1. The molecule has 1 heterocycles. The monoisotopic (exact) mass is 241 g/mol. The smallest absolute Gasteiger partial charge is 0.130 e. The molecule has 0 saturated carbocycles. The second-order valence-electron chi connectivity index (χ2n) is 3.71. The van der Waals surface area contributed by atoms with Gasteiger partial charge in [-0.1, -0.05) is 12.1 Å². The molecule has 2 rings (SSSR count). The van der Waals surface area contributed by atoms with E-state index in [1.165, 1.54) is 0 Å². The molecular formula is C13H12N3P. The molecule has 17 heavy (non-hydrogen) atoms. The zero-order valence-electron chi connectivity index (χ0n) is 9.44. The zero-order chi connectivity index (χ0) is 12.3. The van der Waals surface area contributed by atoms with Crippen LogP contribution in [0.3, 0.4) is 0 Å². The highest BCUT2D eigenvalue weighted by Crippen LogP contribution is 2.18. The summed E-state index contributed by atoms with van der Waals surface area (Å²) in [5.74, 6) is 0.747. The maximum Gasteiger partial charge on any atom is 0.130 e. The number of hydrogen-bond acceptors (Lipinski definition) is 3. The standard InChI is InChI=1S/C13H12N3P/c1-9-3-2-4-13(15-9)16-12-7-11(17)6-5-10(12)8-14/h2-7H,17H2,1H3,(H,15,16). The Balaban J connectivity index is 2.36. The summed E-state index contributed by atoms with van der Waals surface area (Å²) in [5.41, 5.74) is 2.33. The Kier molecular flexibility index (Phi) is 3.37. The summed E-state index contributed by atoms with van der Waals surface area (Å²) in [6, 6.07) is 13.5. The van der Waals surface area contributed by atoms with Crippen molar-refractivity contribution in [3.8, 4) is 6.07 Å². The van der Waals surface area contributed by atoms with Crippen molar-refractivity contribution in [2.75, 3.05) is 5.32 Å². The van der Waals surface area contributed by atoms with Crippen LogP contribution in [0.4, 0.5) is 11.5 Å². The molecule has 84 valence electrons. The van der Waals surface area contributed by atoms with Crippen LogP contribution in [0.15, 0.2) is 36.4 Å². The number of nitrogens with one attached hydrogen (secondary N) is 1. The number of aryl methyl sites for hydroxylation is 1. The van der Waals surface area contributed by atoms with Crippen molar-refractivity contribution in [1.82, 2.24) is 4.98 Å². The summed E-state index contributed by atoms with van der Waals surface area (Å²) in [6.07, 6.45) is 0. The minimum atomic E-state index is 0.611. The van der Waals surface area contributed by atoms with Crippen LogP contribution in [-0.2, 0) is 0 Å². The molecular weight excluding hydrogens is 229 g/mol. The third-order valence-corrected chi connectivity index (χ3v) is 2.67. The van der Waals surface area contributed by atoms with E-state index in [9.17, 15) is 0 Å². The second-order valence-corrected chi connectivity index (χ2v) is 4.37. The van der Waals surface area contributed by atoms with E-state index in [4.69, 9.17) is 5.26 Å². The third kappa shape index (κ3) is 2.81. The number of nitriles is 1. The maximum absolute atomic E-state index is 9.02. The van der Waals surface area contributed by atoms with Crippen LogP contribution in [0.2, 0.25) is 0 Å². The van der Waals surface area contributed by atoms with Gasteiger partial charge in [-0.15, -0.1) is 9.24 Å². The number of nitrogens with zero attached hydrogens (tertiary/aromatic N) is 2. The first-order valence-corrected chi connectivity index (χ1v) is 5.77. The van der Waals surface area contributed by atoms with Crippen molar-refractivity contribution in [2.24, 2.45) is 0 Å². The van der Waals surface area contributed by atoms with Crippen LogP contribution >= 0.6 is 9.24 Å². The van der Waals surface area contributed by atoms with Crippen LogP contribution in [-0.4, -0.2) is 4.98 Å². The number of anilines is 2.